The fraction of sp³-hybridized carbons (Fsp3) is 0.714. The fourth-order valence-corrected chi connectivity index (χ4v) is 1.36. The molecule has 2 rings (SSSR count). The summed E-state index contributed by atoms with van der Waals surface area (Å²) in [6.45, 7) is 1.71. The second kappa shape index (κ2) is 3.00. The molecule has 1 saturated heterocycles. The van der Waals surface area contributed by atoms with Gasteiger partial charge in [-0.3, -0.25) is 0 Å². The summed E-state index contributed by atoms with van der Waals surface area (Å²) in [6, 6.07) is 0.457. The van der Waals surface area contributed by atoms with Crippen molar-refractivity contribution in [2.75, 3.05) is 13.2 Å². The molecule has 4 nitrogen and oxygen atoms in total. The van der Waals surface area contributed by atoms with Crippen LogP contribution in [0.5, 0.6) is 0 Å². The minimum Gasteiger partial charge on any atom is -0.379 e. The maximum Gasteiger partial charge on any atom is 0.119 e. The van der Waals surface area contributed by atoms with Gasteiger partial charge in [-0.2, -0.15) is 0 Å². The topological polar surface area (TPSA) is 39.9 Å². The minimum absolute atomic E-state index is 0.457. The molecule has 0 aromatic carbocycles. The Labute approximate surface area is 65.2 Å². The molecule has 2 heterocycles. The molecule has 1 aromatic rings. The first kappa shape index (κ1) is 6.79. The molecule has 1 unspecified atom stereocenters. The van der Waals surface area contributed by atoms with Crippen LogP contribution < -0.4 is 0 Å². The van der Waals surface area contributed by atoms with Crippen molar-refractivity contribution in [2.45, 2.75) is 18.9 Å². The first-order valence-electron chi connectivity index (χ1n) is 3.88. The normalized spacial score (nSPS) is 25.3. The monoisotopic (exact) mass is 153 g/mol. The minimum atomic E-state index is 0.457. The molecule has 1 atom stereocenters. The van der Waals surface area contributed by atoms with Crippen LogP contribution in [-0.4, -0.2) is 28.0 Å². The Bertz CT molecular complexity index is 203. The summed E-state index contributed by atoms with van der Waals surface area (Å²) in [7, 11) is 0. The van der Waals surface area contributed by atoms with Gasteiger partial charge in [-0.05, 0) is 12.8 Å². The second-order valence-corrected chi connectivity index (χ2v) is 2.78. The van der Waals surface area contributed by atoms with Gasteiger partial charge in [0.05, 0.1) is 12.6 Å². The molecule has 0 aliphatic carbocycles. The van der Waals surface area contributed by atoms with E-state index in [9.17, 15) is 0 Å². The van der Waals surface area contributed by atoms with Gasteiger partial charge < -0.3 is 9.30 Å². The van der Waals surface area contributed by atoms with E-state index in [-0.39, 0.29) is 0 Å². The van der Waals surface area contributed by atoms with Gasteiger partial charge in [-0.25, -0.2) is 0 Å². The number of hydrogen-bond donors (Lipinski definition) is 0. The first-order chi connectivity index (χ1) is 5.47. The van der Waals surface area contributed by atoms with Crippen LogP contribution in [-0.2, 0) is 4.74 Å². The van der Waals surface area contributed by atoms with Gasteiger partial charge in [0.15, 0.2) is 0 Å². The lowest BCUT2D eigenvalue weighted by atomic mass is 10.1. The van der Waals surface area contributed by atoms with Crippen LogP contribution in [0.2, 0.25) is 0 Å². The van der Waals surface area contributed by atoms with Gasteiger partial charge in [0.25, 0.3) is 0 Å². The van der Waals surface area contributed by atoms with Crippen LogP contribution in [0.15, 0.2) is 12.7 Å². The van der Waals surface area contributed by atoms with Crippen molar-refractivity contribution in [1.29, 1.82) is 0 Å². The Balaban J connectivity index is 2.04. The zero-order valence-electron chi connectivity index (χ0n) is 6.31. The molecule has 60 valence electrons. The maximum absolute atomic E-state index is 5.33. The van der Waals surface area contributed by atoms with Crippen molar-refractivity contribution in [3.05, 3.63) is 12.7 Å². The summed E-state index contributed by atoms with van der Waals surface area (Å²) < 4.78 is 7.34. The number of rotatable bonds is 1. The quantitative estimate of drug-likeness (QED) is 0.594. The Hall–Kier alpha value is -0.900. The van der Waals surface area contributed by atoms with E-state index in [1.54, 1.807) is 12.7 Å². The lowest BCUT2D eigenvalue weighted by Gasteiger charge is -2.22. The van der Waals surface area contributed by atoms with Gasteiger partial charge in [0, 0.05) is 6.61 Å². The van der Waals surface area contributed by atoms with Gasteiger partial charge in [0.2, 0.25) is 0 Å². The van der Waals surface area contributed by atoms with Crippen LogP contribution in [0.1, 0.15) is 18.9 Å². The van der Waals surface area contributed by atoms with E-state index in [0.29, 0.717) is 6.04 Å². The Kier molecular flexibility index (Phi) is 1.85. The zero-order valence-corrected chi connectivity index (χ0v) is 6.31. The van der Waals surface area contributed by atoms with Crippen molar-refractivity contribution in [3.63, 3.8) is 0 Å². The van der Waals surface area contributed by atoms with E-state index in [2.05, 4.69) is 10.2 Å². The molecule has 0 amide bonds. The zero-order chi connectivity index (χ0) is 7.52. The average molecular weight is 153 g/mol. The molecular weight excluding hydrogens is 142 g/mol. The Morgan fingerprint density at radius 1 is 1.36 bits per heavy atom. The van der Waals surface area contributed by atoms with Crippen LogP contribution in [0.3, 0.4) is 0 Å². The second-order valence-electron chi connectivity index (χ2n) is 2.78. The highest BCUT2D eigenvalue weighted by Crippen LogP contribution is 2.17. The molecule has 1 fully saturated rings. The molecule has 1 aliphatic heterocycles. The molecule has 0 bridgehead atoms. The summed E-state index contributed by atoms with van der Waals surface area (Å²) >= 11 is 0. The third kappa shape index (κ3) is 1.40. The van der Waals surface area contributed by atoms with Crippen LogP contribution in [0.25, 0.3) is 0 Å². The SMILES string of the molecule is c1nncn1C1CCCOC1. The predicted octanol–water partition coefficient (Wildman–Crippen LogP) is 0.630. The van der Waals surface area contributed by atoms with Gasteiger partial charge in [-0.15, -0.1) is 10.2 Å². The van der Waals surface area contributed by atoms with E-state index in [1.165, 1.54) is 6.42 Å². The van der Waals surface area contributed by atoms with Crippen molar-refractivity contribution < 1.29 is 4.74 Å². The van der Waals surface area contributed by atoms with Crippen molar-refractivity contribution in [3.8, 4) is 0 Å². The molecule has 1 aliphatic rings. The highest BCUT2D eigenvalue weighted by Gasteiger charge is 2.14. The summed E-state index contributed by atoms with van der Waals surface area (Å²) in [5, 5.41) is 7.51. The first-order valence-corrected chi connectivity index (χ1v) is 3.88. The maximum atomic E-state index is 5.33. The summed E-state index contributed by atoms with van der Waals surface area (Å²) in [5.74, 6) is 0. The molecule has 4 heteroatoms. The Morgan fingerprint density at radius 3 is 2.82 bits per heavy atom. The van der Waals surface area contributed by atoms with Crippen molar-refractivity contribution >= 4 is 0 Å². The van der Waals surface area contributed by atoms with Crippen LogP contribution >= 0.6 is 0 Å². The van der Waals surface area contributed by atoms with Gasteiger partial charge in [0.1, 0.15) is 12.7 Å². The average Bonchev–Trinajstić information content (AvgIpc) is 2.58. The van der Waals surface area contributed by atoms with Crippen molar-refractivity contribution in [2.24, 2.45) is 0 Å². The highest BCUT2D eigenvalue weighted by molar-refractivity contribution is 4.74. The summed E-state index contributed by atoms with van der Waals surface area (Å²) in [5.41, 5.74) is 0. The van der Waals surface area contributed by atoms with Crippen LogP contribution in [0, 0.1) is 0 Å². The molecule has 0 saturated carbocycles. The summed E-state index contributed by atoms with van der Waals surface area (Å²) in [4.78, 5) is 0. The highest BCUT2D eigenvalue weighted by atomic mass is 16.5. The summed E-state index contributed by atoms with van der Waals surface area (Å²) in [6.07, 6.45) is 5.82. The molecular formula is C7H11N3O. The molecule has 11 heavy (non-hydrogen) atoms. The fourth-order valence-electron chi connectivity index (χ4n) is 1.36. The lowest BCUT2D eigenvalue weighted by Crippen LogP contribution is -2.20. The number of hydrogen-bond acceptors (Lipinski definition) is 3. The van der Waals surface area contributed by atoms with Gasteiger partial charge in [-0.1, -0.05) is 0 Å². The molecule has 1 aromatic heterocycles. The lowest BCUT2D eigenvalue weighted by molar-refractivity contribution is 0.0590. The third-order valence-electron chi connectivity index (χ3n) is 1.99. The largest absolute Gasteiger partial charge is 0.379 e. The van der Waals surface area contributed by atoms with Gasteiger partial charge >= 0.3 is 0 Å². The van der Waals surface area contributed by atoms with Crippen molar-refractivity contribution in [1.82, 2.24) is 14.8 Å². The van der Waals surface area contributed by atoms with E-state index in [0.717, 1.165) is 19.6 Å². The molecule has 0 spiro atoms. The van der Waals surface area contributed by atoms with E-state index < -0.39 is 0 Å². The number of ether oxygens (including phenoxy) is 1. The van der Waals surface area contributed by atoms with E-state index >= 15 is 0 Å². The van der Waals surface area contributed by atoms with E-state index in [4.69, 9.17) is 4.74 Å². The smallest absolute Gasteiger partial charge is 0.119 e. The molecule has 0 N–H and O–H groups in total. The number of aromatic nitrogens is 3. The van der Waals surface area contributed by atoms with Crippen LogP contribution in [0.4, 0.5) is 0 Å². The van der Waals surface area contributed by atoms with E-state index in [1.807, 2.05) is 4.57 Å². The number of nitrogens with zero attached hydrogens (tertiary/aromatic N) is 3. The molecule has 0 radical (unpaired) electrons. The predicted molar refractivity (Wildman–Crippen MR) is 39.1 cm³/mol. The Morgan fingerprint density at radius 2 is 2.18 bits per heavy atom. The standard InChI is InChI=1S/C7H11N3O/c1-2-7(4-11-3-1)10-5-8-9-6-10/h5-7H,1-4H2. The third-order valence-corrected chi connectivity index (χ3v) is 1.99.